The second-order valence-electron chi connectivity index (χ2n) is 5.32. The summed E-state index contributed by atoms with van der Waals surface area (Å²) in [5, 5.41) is 0. The zero-order valence-corrected chi connectivity index (χ0v) is 13.4. The van der Waals surface area contributed by atoms with Crippen molar-refractivity contribution in [1.82, 2.24) is 4.72 Å². The van der Waals surface area contributed by atoms with Gasteiger partial charge in [-0.3, -0.25) is 0 Å². The highest BCUT2D eigenvalue weighted by atomic mass is 32.2. The molecule has 0 aliphatic heterocycles. The molecule has 1 rings (SSSR count). The lowest BCUT2D eigenvalue weighted by Crippen LogP contribution is -2.38. The Labute approximate surface area is 122 Å². The van der Waals surface area contributed by atoms with Gasteiger partial charge in [0.25, 0.3) is 0 Å². The molecule has 0 unspecified atom stereocenters. The van der Waals surface area contributed by atoms with Crippen molar-refractivity contribution < 1.29 is 8.42 Å². The van der Waals surface area contributed by atoms with E-state index in [9.17, 15) is 8.42 Å². The molecule has 1 aromatic carbocycles. The number of nitrogens with one attached hydrogen (secondary N) is 1. The molecule has 0 aliphatic carbocycles. The first-order valence-electron chi connectivity index (χ1n) is 6.87. The maximum Gasteiger partial charge on any atom is 0.242 e. The van der Waals surface area contributed by atoms with E-state index in [1.165, 1.54) is 0 Å². The van der Waals surface area contributed by atoms with Gasteiger partial charge in [-0.1, -0.05) is 12.1 Å². The number of nitrogens with zero attached hydrogens (tertiary/aromatic N) is 1. The summed E-state index contributed by atoms with van der Waals surface area (Å²) in [5.41, 5.74) is 6.33. The van der Waals surface area contributed by atoms with Crippen molar-refractivity contribution in [2.75, 3.05) is 18.0 Å². The monoisotopic (exact) mass is 299 g/mol. The van der Waals surface area contributed by atoms with Crippen molar-refractivity contribution >= 4 is 15.7 Å². The van der Waals surface area contributed by atoms with Crippen molar-refractivity contribution in [3.8, 4) is 0 Å². The molecular formula is C14H25N3O2S. The van der Waals surface area contributed by atoms with Crippen molar-refractivity contribution in [2.45, 2.75) is 44.7 Å². The van der Waals surface area contributed by atoms with Crippen LogP contribution in [0.3, 0.4) is 0 Å². The first-order chi connectivity index (χ1) is 9.29. The third-order valence-electron chi connectivity index (χ3n) is 2.85. The fraction of sp³-hybridized carbons (Fsp3) is 0.571. The number of benzene rings is 1. The molecule has 0 radical (unpaired) electrons. The highest BCUT2D eigenvalue weighted by Gasteiger charge is 2.23. The Bertz CT molecular complexity index is 527. The minimum absolute atomic E-state index is 0.143. The second kappa shape index (κ2) is 7.06. The SMILES string of the molecule is CC(C)NS(=O)(=O)c1ccccc1N(CCN)C(C)C. The number of para-hydroxylation sites is 1. The van der Waals surface area contributed by atoms with E-state index < -0.39 is 10.0 Å². The van der Waals surface area contributed by atoms with Crippen molar-refractivity contribution in [3.63, 3.8) is 0 Å². The summed E-state index contributed by atoms with van der Waals surface area (Å²) >= 11 is 0. The van der Waals surface area contributed by atoms with E-state index in [0.29, 0.717) is 23.7 Å². The molecule has 20 heavy (non-hydrogen) atoms. The molecule has 1 aromatic rings. The summed E-state index contributed by atoms with van der Waals surface area (Å²) in [5.74, 6) is 0. The van der Waals surface area contributed by atoms with Crippen LogP contribution in [0.5, 0.6) is 0 Å². The molecule has 0 amide bonds. The van der Waals surface area contributed by atoms with Crippen LogP contribution < -0.4 is 15.4 Å². The lowest BCUT2D eigenvalue weighted by Gasteiger charge is -2.30. The van der Waals surface area contributed by atoms with Crippen LogP contribution in [0, 0.1) is 0 Å². The minimum atomic E-state index is -3.52. The van der Waals surface area contributed by atoms with Crippen LogP contribution in [0.2, 0.25) is 0 Å². The van der Waals surface area contributed by atoms with Crippen LogP contribution in [-0.4, -0.2) is 33.6 Å². The molecule has 5 nitrogen and oxygen atoms in total. The molecular weight excluding hydrogens is 274 g/mol. The number of sulfonamides is 1. The summed E-state index contributed by atoms with van der Waals surface area (Å²) < 4.78 is 27.5. The fourth-order valence-corrected chi connectivity index (χ4v) is 3.56. The lowest BCUT2D eigenvalue weighted by atomic mass is 10.2. The van der Waals surface area contributed by atoms with Crippen LogP contribution >= 0.6 is 0 Å². The van der Waals surface area contributed by atoms with Gasteiger partial charge in [0.05, 0.1) is 5.69 Å². The zero-order chi connectivity index (χ0) is 15.3. The van der Waals surface area contributed by atoms with Gasteiger partial charge in [0.15, 0.2) is 0 Å². The Morgan fingerprint density at radius 3 is 2.30 bits per heavy atom. The minimum Gasteiger partial charge on any atom is -0.367 e. The smallest absolute Gasteiger partial charge is 0.242 e. The van der Waals surface area contributed by atoms with Crippen molar-refractivity contribution in [3.05, 3.63) is 24.3 Å². The van der Waals surface area contributed by atoms with E-state index in [1.54, 1.807) is 26.0 Å². The predicted molar refractivity (Wildman–Crippen MR) is 83.4 cm³/mol. The molecule has 114 valence electrons. The van der Waals surface area contributed by atoms with E-state index in [0.717, 1.165) is 0 Å². The maximum atomic E-state index is 12.4. The summed E-state index contributed by atoms with van der Waals surface area (Å²) in [6.07, 6.45) is 0. The molecule has 0 saturated carbocycles. The topological polar surface area (TPSA) is 75.4 Å². The average Bonchev–Trinajstić information content (AvgIpc) is 2.34. The van der Waals surface area contributed by atoms with Crippen molar-refractivity contribution in [1.29, 1.82) is 0 Å². The average molecular weight is 299 g/mol. The number of hydrogen-bond donors (Lipinski definition) is 2. The second-order valence-corrected chi connectivity index (χ2v) is 7.00. The van der Waals surface area contributed by atoms with Gasteiger partial charge in [0.1, 0.15) is 4.90 Å². The Kier molecular flexibility index (Phi) is 5.98. The largest absolute Gasteiger partial charge is 0.367 e. The number of anilines is 1. The molecule has 0 bridgehead atoms. The predicted octanol–water partition coefficient (Wildman–Crippen LogP) is 1.55. The first kappa shape index (κ1) is 16.9. The molecule has 3 N–H and O–H groups in total. The van der Waals surface area contributed by atoms with Gasteiger partial charge in [-0.2, -0.15) is 0 Å². The zero-order valence-electron chi connectivity index (χ0n) is 12.6. The third kappa shape index (κ3) is 4.19. The third-order valence-corrected chi connectivity index (χ3v) is 4.55. The standard InChI is InChI=1S/C14H25N3O2S/c1-11(2)16-20(18,19)14-8-6-5-7-13(14)17(10-9-15)12(3)4/h5-8,11-12,16H,9-10,15H2,1-4H3. The van der Waals surface area contributed by atoms with Gasteiger partial charge < -0.3 is 10.6 Å². The molecule has 0 heterocycles. The van der Waals surface area contributed by atoms with E-state index in [2.05, 4.69) is 4.72 Å². The normalized spacial score (nSPS) is 12.2. The van der Waals surface area contributed by atoms with E-state index in [-0.39, 0.29) is 12.1 Å². The Hall–Kier alpha value is -1.11. The molecule has 0 atom stereocenters. The van der Waals surface area contributed by atoms with Crippen LogP contribution in [-0.2, 0) is 10.0 Å². The summed E-state index contributed by atoms with van der Waals surface area (Å²) in [4.78, 5) is 2.31. The maximum absolute atomic E-state index is 12.4. The van der Waals surface area contributed by atoms with E-state index in [1.807, 2.05) is 30.9 Å². The first-order valence-corrected chi connectivity index (χ1v) is 8.36. The Morgan fingerprint density at radius 2 is 1.80 bits per heavy atom. The number of nitrogens with two attached hydrogens (primary N) is 1. The van der Waals surface area contributed by atoms with Gasteiger partial charge in [-0.05, 0) is 39.8 Å². The molecule has 0 saturated heterocycles. The Morgan fingerprint density at radius 1 is 1.20 bits per heavy atom. The van der Waals surface area contributed by atoms with Gasteiger partial charge in [0.2, 0.25) is 10.0 Å². The molecule has 6 heteroatoms. The van der Waals surface area contributed by atoms with Gasteiger partial charge >= 0.3 is 0 Å². The summed E-state index contributed by atoms with van der Waals surface area (Å²) in [6.45, 7) is 8.75. The highest BCUT2D eigenvalue weighted by molar-refractivity contribution is 7.89. The van der Waals surface area contributed by atoms with Crippen LogP contribution in [0.1, 0.15) is 27.7 Å². The van der Waals surface area contributed by atoms with Crippen LogP contribution in [0.25, 0.3) is 0 Å². The van der Waals surface area contributed by atoms with E-state index in [4.69, 9.17) is 5.73 Å². The van der Waals surface area contributed by atoms with E-state index >= 15 is 0 Å². The highest BCUT2D eigenvalue weighted by Crippen LogP contribution is 2.26. The number of hydrogen-bond acceptors (Lipinski definition) is 4. The van der Waals surface area contributed by atoms with Gasteiger partial charge in [0, 0.05) is 25.2 Å². The van der Waals surface area contributed by atoms with Gasteiger partial charge in [-0.25, -0.2) is 13.1 Å². The summed E-state index contributed by atoms with van der Waals surface area (Å²) in [7, 11) is -3.52. The van der Waals surface area contributed by atoms with Gasteiger partial charge in [-0.15, -0.1) is 0 Å². The molecule has 0 aliphatic rings. The lowest BCUT2D eigenvalue weighted by molar-refractivity contribution is 0.568. The van der Waals surface area contributed by atoms with Crippen LogP contribution in [0.4, 0.5) is 5.69 Å². The molecule has 0 spiro atoms. The quantitative estimate of drug-likeness (QED) is 0.801. The Balaban J connectivity index is 3.29. The fourth-order valence-electron chi connectivity index (χ4n) is 2.09. The van der Waals surface area contributed by atoms with Crippen LogP contribution in [0.15, 0.2) is 29.2 Å². The molecule has 0 aromatic heterocycles. The number of rotatable bonds is 7. The summed E-state index contributed by atoms with van der Waals surface area (Å²) in [6, 6.07) is 7.06. The molecule has 0 fully saturated rings. The van der Waals surface area contributed by atoms with Crippen molar-refractivity contribution in [2.24, 2.45) is 5.73 Å².